The summed E-state index contributed by atoms with van der Waals surface area (Å²) in [6, 6.07) is 2.53. The Morgan fingerprint density at radius 2 is 2.06 bits per heavy atom. The maximum atomic E-state index is 12.9. The summed E-state index contributed by atoms with van der Waals surface area (Å²) in [5.74, 6) is -2.48. The molecule has 0 atom stereocenters. The second-order valence-electron chi connectivity index (χ2n) is 3.19. The summed E-state index contributed by atoms with van der Waals surface area (Å²) in [6.07, 6.45) is 0. The number of ketones is 1. The lowest BCUT2D eigenvalue weighted by Gasteiger charge is -2.12. The number of fused-ring (bicyclic) bond motifs is 1. The molecule has 0 bridgehead atoms. The summed E-state index contributed by atoms with van der Waals surface area (Å²) in [6.45, 7) is 0. The number of amides is 3. The third-order valence-electron chi connectivity index (χ3n) is 2.26. The van der Waals surface area contributed by atoms with Crippen LogP contribution in [0.3, 0.4) is 0 Å². The first kappa shape index (κ1) is 10.3. The summed E-state index contributed by atoms with van der Waals surface area (Å²) in [5, 5.41) is 2.23. The molecule has 0 spiro atoms. The minimum Gasteiger partial charge on any atom is -0.340 e. The molecule has 82 valence electrons. The average molecular weight is 222 g/mol. The zero-order valence-electron chi connectivity index (χ0n) is 8.28. The Balaban J connectivity index is 2.58. The van der Waals surface area contributed by atoms with Gasteiger partial charge in [-0.2, -0.15) is 0 Å². The lowest BCUT2D eigenvalue weighted by molar-refractivity contribution is -0.113. The third-order valence-corrected chi connectivity index (χ3v) is 2.26. The Bertz CT molecular complexity index is 513. The smallest absolute Gasteiger partial charge is 0.328 e. The molecule has 5 nitrogen and oxygen atoms in total. The summed E-state index contributed by atoms with van der Waals surface area (Å²) in [5.41, 5.74) is 0.0179. The van der Waals surface area contributed by atoms with Crippen LogP contribution in [-0.2, 0) is 4.79 Å². The van der Waals surface area contributed by atoms with E-state index in [1.807, 2.05) is 0 Å². The fraction of sp³-hybridized carbons (Fsp3) is 0.100. The highest BCUT2D eigenvalue weighted by Crippen LogP contribution is 2.29. The standard InChI is InChI=1S/C10H7FN2O3/c1-12-10(16)13-7-3-2-5(11)4-6(7)8(14)9(13)15/h2-4H,1H3,(H,12,16). The van der Waals surface area contributed by atoms with Crippen LogP contribution in [0.2, 0.25) is 0 Å². The van der Waals surface area contributed by atoms with Gasteiger partial charge in [0.05, 0.1) is 11.3 Å². The fourth-order valence-corrected chi connectivity index (χ4v) is 1.52. The van der Waals surface area contributed by atoms with Crippen LogP contribution in [0.1, 0.15) is 10.4 Å². The minimum atomic E-state index is -0.972. The number of nitrogens with zero attached hydrogens (tertiary/aromatic N) is 1. The molecule has 1 N–H and O–H groups in total. The molecule has 1 aromatic rings. The zero-order chi connectivity index (χ0) is 11.9. The Hall–Kier alpha value is -2.24. The van der Waals surface area contributed by atoms with Crippen molar-refractivity contribution in [1.29, 1.82) is 0 Å². The molecule has 0 aliphatic carbocycles. The lowest BCUT2D eigenvalue weighted by Crippen LogP contribution is -2.41. The maximum absolute atomic E-state index is 12.9. The van der Waals surface area contributed by atoms with Crippen LogP contribution in [0, 0.1) is 5.82 Å². The van der Waals surface area contributed by atoms with Gasteiger partial charge < -0.3 is 5.32 Å². The highest BCUT2D eigenvalue weighted by molar-refractivity contribution is 6.56. The van der Waals surface area contributed by atoms with Crippen LogP contribution in [0.4, 0.5) is 14.9 Å². The van der Waals surface area contributed by atoms with E-state index in [9.17, 15) is 18.8 Å². The Morgan fingerprint density at radius 3 is 2.69 bits per heavy atom. The van der Waals surface area contributed by atoms with Gasteiger partial charge in [-0.25, -0.2) is 14.1 Å². The van der Waals surface area contributed by atoms with Crippen molar-refractivity contribution in [2.45, 2.75) is 0 Å². The van der Waals surface area contributed by atoms with E-state index in [0.29, 0.717) is 4.90 Å². The molecule has 3 amide bonds. The van der Waals surface area contributed by atoms with E-state index >= 15 is 0 Å². The van der Waals surface area contributed by atoms with Gasteiger partial charge in [-0.15, -0.1) is 0 Å². The van der Waals surface area contributed by atoms with Gasteiger partial charge in [0, 0.05) is 7.05 Å². The summed E-state index contributed by atoms with van der Waals surface area (Å²) >= 11 is 0. The summed E-state index contributed by atoms with van der Waals surface area (Å²) < 4.78 is 12.9. The van der Waals surface area contributed by atoms with E-state index in [-0.39, 0.29) is 11.3 Å². The molecular formula is C10H7FN2O3. The van der Waals surface area contributed by atoms with Crippen LogP contribution in [0.15, 0.2) is 18.2 Å². The molecule has 1 heterocycles. The van der Waals surface area contributed by atoms with Gasteiger partial charge in [0.15, 0.2) is 0 Å². The van der Waals surface area contributed by atoms with Crippen LogP contribution in [0.25, 0.3) is 0 Å². The zero-order valence-corrected chi connectivity index (χ0v) is 8.28. The third kappa shape index (κ3) is 1.27. The number of rotatable bonds is 0. The Morgan fingerprint density at radius 1 is 1.38 bits per heavy atom. The fourth-order valence-electron chi connectivity index (χ4n) is 1.52. The van der Waals surface area contributed by atoms with Crippen molar-refractivity contribution in [3.05, 3.63) is 29.6 Å². The molecule has 0 radical (unpaired) electrons. The van der Waals surface area contributed by atoms with E-state index < -0.39 is 23.5 Å². The van der Waals surface area contributed by atoms with E-state index in [1.54, 1.807) is 0 Å². The molecule has 0 saturated carbocycles. The van der Waals surface area contributed by atoms with Gasteiger partial charge in [0.2, 0.25) is 0 Å². The minimum absolute atomic E-state index is 0.0893. The SMILES string of the molecule is CNC(=O)N1C(=O)C(=O)c2cc(F)ccc21. The predicted octanol–water partition coefficient (Wildman–Crippen LogP) is 0.694. The highest BCUT2D eigenvalue weighted by atomic mass is 19.1. The lowest BCUT2D eigenvalue weighted by atomic mass is 10.1. The topological polar surface area (TPSA) is 66.5 Å². The van der Waals surface area contributed by atoms with Crippen molar-refractivity contribution in [3.8, 4) is 0 Å². The van der Waals surface area contributed by atoms with Crippen molar-refractivity contribution in [1.82, 2.24) is 5.32 Å². The van der Waals surface area contributed by atoms with Crippen LogP contribution < -0.4 is 10.2 Å². The number of urea groups is 1. The first-order chi connectivity index (χ1) is 7.56. The first-order valence-electron chi connectivity index (χ1n) is 4.46. The quantitative estimate of drug-likeness (QED) is 0.657. The number of Topliss-reactive ketones (excluding diaryl/α,β-unsaturated/α-hetero) is 1. The van der Waals surface area contributed by atoms with Gasteiger partial charge in [0.1, 0.15) is 5.82 Å². The first-order valence-corrected chi connectivity index (χ1v) is 4.46. The predicted molar refractivity (Wildman–Crippen MR) is 52.7 cm³/mol. The Labute approximate surface area is 89.8 Å². The number of anilines is 1. The van der Waals surface area contributed by atoms with E-state index in [2.05, 4.69) is 5.32 Å². The van der Waals surface area contributed by atoms with E-state index in [0.717, 1.165) is 12.1 Å². The van der Waals surface area contributed by atoms with Gasteiger partial charge in [-0.05, 0) is 18.2 Å². The summed E-state index contributed by atoms with van der Waals surface area (Å²) in [7, 11) is 1.33. The van der Waals surface area contributed by atoms with Gasteiger partial charge in [-0.3, -0.25) is 9.59 Å². The largest absolute Gasteiger partial charge is 0.340 e. The number of benzene rings is 1. The number of nitrogens with one attached hydrogen (secondary N) is 1. The number of imide groups is 1. The molecule has 1 aliphatic rings. The second-order valence-corrected chi connectivity index (χ2v) is 3.19. The van der Waals surface area contributed by atoms with Gasteiger partial charge >= 0.3 is 11.9 Å². The average Bonchev–Trinajstić information content (AvgIpc) is 2.52. The number of hydrogen-bond donors (Lipinski definition) is 1. The van der Waals surface area contributed by atoms with Crippen LogP contribution >= 0.6 is 0 Å². The molecule has 0 fully saturated rings. The van der Waals surface area contributed by atoms with Crippen molar-refractivity contribution in [2.24, 2.45) is 0 Å². The van der Waals surface area contributed by atoms with Crippen LogP contribution in [0.5, 0.6) is 0 Å². The number of carbonyl (C=O) groups is 3. The molecule has 2 rings (SSSR count). The molecule has 16 heavy (non-hydrogen) atoms. The van der Waals surface area contributed by atoms with Gasteiger partial charge in [-0.1, -0.05) is 0 Å². The molecule has 1 aliphatic heterocycles. The maximum Gasteiger partial charge on any atom is 0.328 e. The van der Waals surface area contributed by atoms with E-state index in [4.69, 9.17) is 0 Å². The van der Waals surface area contributed by atoms with Crippen molar-refractivity contribution >= 4 is 23.4 Å². The molecule has 0 saturated heterocycles. The normalized spacial score (nSPS) is 14.0. The van der Waals surface area contributed by atoms with Crippen molar-refractivity contribution < 1.29 is 18.8 Å². The highest BCUT2D eigenvalue weighted by Gasteiger charge is 2.39. The van der Waals surface area contributed by atoms with Crippen molar-refractivity contribution in [2.75, 3.05) is 11.9 Å². The van der Waals surface area contributed by atoms with Gasteiger partial charge in [0.25, 0.3) is 5.78 Å². The number of hydrogen-bond acceptors (Lipinski definition) is 3. The summed E-state index contributed by atoms with van der Waals surface area (Å²) in [4.78, 5) is 35.0. The molecule has 6 heteroatoms. The molecule has 0 unspecified atom stereocenters. The number of halogens is 1. The molecular weight excluding hydrogens is 215 g/mol. The molecule has 0 aromatic heterocycles. The second kappa shape index (κ2) is 3.41. The van der Waals surface area contributed by atoms with Crippen molar-refractivity contribution in [3.63, 3.8) is 0 Å². The monoisotopic (exact) mass is 222 g/mol. The van der Waals surface area contributed by atoms with E-state index in [1.165, 1.54) is 13.1 Å². The molecule has 1 aromatic carbocycles. The number of carbonyl (C=O) groups excluding carboxylic acids is 3. The van der Waals surface area contributed by atoms with Crippen LogP contribution in [-0.4, -0.2) is 24.8 Å². The Kier molecular flexibility index (Phi) is 2.19.